The maximum Gasteiger partial charge on any atom is 0.0799 e. The van der Waals surface area contributed by atoms with Gasteiger partial charge in [-0.25, -0.2) is 0 Å². The van der Waals surface area contributed by atoms with E-state index in [1.807, 2.05) is 0 Å². The van der Waals surface area contributed by atoms with Crippen LogP contribution in [0.25, 0.3) is 0 Å². The Balaban J connectivity index is 2.04. The van der Waals surface area contributed by atoms with Crippen LogP contribution in [0.4, 0.5) is 0 Å². The van der Waals surface area contributed by atoms with Gasteiger partial charge in [0.2, 0.25) is 0 Å². The van der Waals surface area contributed by atoms with Gasteiger partial charge in [-0.15, -0.1) is 0 Å². The summed E-state index contributed by atoms with van der Waals surface area (Å²) in [4.78, 5) is 0. The molecule has 12 heavy (non-hydrogen) atoms. The molecule has 0 saturated heterocycles. The summed E-state index contributed by atoms with van der Waals surface area (Å²) in [6.45, 7) is 4.69. The van der Waals surface area contributed by atoms with Crippen molar-refractivity contribution in [2.45, 2.75) is 51.7 Å². The maximum atomic E-state index is 9.56. The van der Waals surface area contributed by atoms with E-state index >= 15 is 0 Å². The summed E-state index contributed by atoms with van der Waals surface area (Å²) in [6, 6.07) is 0. The molecule has 1 aliphatic carbocycles. The smallest absolute Gasteiger partial charge is 0.0799 e. The quantitative estimate of drug-likeness (QED) is 0.687. The zero-order valence-corrected chi connectivity index (χ0v) is 8.12. The van der Waals surface area contributed by atoms with E-state index in [0.717, 1.165) is 6.42 Å². The second-order valence-electron chi connectivity index (χ2n) is 3.84. The number of hydrogen-bond acceptors (Lipinski definition) is 2. The van der Waals surface area contributed by atoms with E-state index in [2.05, 4.69) is 13.8 Å². The third-order valence-corrected chi connectivity index (χ3v) is 2.86. The lowest BCUT2D eigenvalue weighted by molar-refractivity contribution is -0.0559. The zero-order chi connectivity index (χ0) is 8.97. The molecule has 2 atom stereocenters. The fourth-order valence-corrected chi connectivity index (χ4v) is 1.21. The Hall–Kier alpha value is -0.0800. The van der Waals surface area contributed by atoms with E-state index in [1.165, 1.54) is 19.3 Å². The summed E-state index contributed by atoms with van der Waals surface area (Å²) in [5, 5.41) is 9.56. The second kappa shape index (κ2) is 4.83. The third kappa shape index (κ3) is 2.76. The van der Waals surface area contributed by atoms with Crippen LogP contribution in [-0.2, 0) is 4.74 Å². The van der Waals surface area contributed by atoms with Crippen LogP contribution in [0, 0.1) is 5.92 Å². The standard InChI is InChI=1S/C10H20O2/c1-3-8(2)10(11)7-12-9-5-4-6-9/h8-11H,3-7H2,1-2H3. The average Bonchev–Trinajstić information content (AvgIpc) is 2.00. The highest BCUT2D eigenvalue weighted by atomic mass is 16.5. The summed E-state index contributed by atoms with van der Waals surface area (Å²) in [5.74, 6) is 0.366. The van der Waals surface area contributed by atoms with Gasteiger partial charge in [-0.1, -0.05) is 20.3 Å². The van der Waals surface area contributed by atoms with E-state index in [1.54, 1.807) is 0 Å². The topological polar surface area (TPSA) is 29.5 Å². The second-order valence-corrected chi connectivity index (χ2v) is 3.84. The predicted octanol–water partition coefficient (Wildman–Crippen LogP) is 1.96. The first-order chi connectivity index (χ1) is 5.74. The molecule has 2 nitrogen and oxygen atoms in total. The van der Waals surface area contributed by atoms with Gasteiger partial charge in [0, 0.05) is 0 Å². The largest absolute Gasteiger partial charge is 0.390 e. The molecular formula is C10H20O2. The fraction of sp³-hybridized carbons (Fsp3) is 1.00. The molecule has 0 spiro atoms. The van der Waals surface area contributed by atoms with Crippen molar-refractivity contribution in [1.82, 2.24) is 0 Å². The van der Waals surface area contributed by atoms with Crippen LogP contribution in [0.5, 0.6) is 0 Å². The zero-order valence-electron chi connectivity index (χ0n) is 8.12. The molecule has 1 fully saturated rings. The molecule has 2 unspecified atom stereocenters. The van der Waals surface area contributed by atoms with Crippen LogP contribution in [-0.4, -0.2) is 23.9 Å². The minimum absolute atomic E-state index is 0.268. The molecule has 72 valence electrons. The maximum absolute atomic E-state index is 9.56. The summed E-state index contributed by atoms with van der Waals surface area (Å²) in [7, 11) is 0. The average molecular weight is 172 g/mol. The molecule has 0 heterocycles. The molecule has 0 aromatic carbocycles. The van der Waals surface area contributed by atoms with Gasteiger partial charge < -0.3 is 9.84 Å². The van der Waals surface area contributed by atoms with Gasteiger partial charge in [0.25, 0.3) is 0 Å². The summed E-state index contributed by atoms with van der Waals surface area (Å²) < 4.78 is 5.51. The SMILES string of the molecule is CCC(C)C(O)COC1CCC1. The molecule has 0 radical (unpaired) electrons. The lowest BCUT2D eigenvalue weighted by Crippen LogP contribution is -2.29. The van der Waals surface area contributed by atoms with Crippen molar-refractivity contribution in [3.8, 4) is 0 Å². The van der Waals surface area contributed by atoms with Crippen molar-refractivity contribution >= 4 is 0 Å². The van der Waals surface area contributed by atoms with Gasteiger partial charge >= 0.3 is 0 Å². The minimum Gasteiger partial charge on any atom is -0.390 e. The summed E-state index contributed by atoms with van der Waals surface area (Å²) in [5.41, 5.74) is 0. The molecule has 1 aliphatic rings. The van der Waals surface area contributed by atoms with Crippen molar-refractivity contribution in [2.24, 2.45) is 5.92 Å². The van der Waals surface area contributed by atoms with E-state index < -0.39 is 0 Å². The summed E-state index contributed by atoms with van der Waals surface area (Å²) in [6.07, 6.45) is 4.87. The van der Waals surface area contributed by atoms with Crippen molar-refractivity contribution in [3.63, 3.8) is 0 Å². The number of hydrogen-bond donors (Lipinski definition) is 1. The first-order valence-electron chi connectivity index (χ1n) is 5.03. The van der Waals surface area contributed by atoms with Gasteiger partial charge in [-0.2, -0.15) is 0 Å². The normalized spacial score (nSPS) is 23.2. The number of rotatable bonds is 5. The van der Waals surface area contributed by atoms with Crippen LogP contribution in [0.2, 0.25) is 0 Å². The van der Waals surface area contributed by atoms with Gasteiger partial charge in [0.1, 0.15) is 0 Å². The van der Waals surface area contributed by atoms with Gasteiger partial charge in [0.05, 0.1) is 18.8 Å². The van der Waals surface area contributed by atoms with Crippen molar-refractivity contribution < 1.29 is 9.84 Å². The molecule has 0 aliphatic heterocycles. The molecule has 1 rings (SSSR count). The Morgan fingerprint density at radius 2 is 2.17 bits per heavy atom. The Morgan fingerprint density at radius 3 is 2.58 bits per heavy atom. The molecule has 0 bridgehead atoms. The number of ether oxygens (including phenoxy) is 1. The van der Waals surface area contributed by atoms with E-state index in [9.17, 15) is 5.11 Å². The van der Waals surface area contributed by atoms with Crippen LogP contribution >= 0.6 is 0 Å². The molecule has 0 aromatic rings. The molecular weight excluding hydrogens is 152 g/mol. The number of aliphatic hydroxyl groups excluding tert-OH is 1. The van der Waals surface area contributed by atoms with Gasteiger partial charge in [-0.3, -0.25) is 0 Å². The lowest BCUT2D eigenvalue weighted by atomic mass is 9.96. The predicted molar refractivity (Wildman–Crippen MR) is 49.1 cm³/mol. The third-order valence-electron chi connectivity index (χ3n) is 2.86. The molecule has 1 N–H and O–H groups in total. The highest BCUT2D eigenvalue weighted by Crippen LogP contribution is 2.22. The highest BCUT2D eigenvalue weighted by molar-refractivity contribution is 4.71. The monoisotopic (exact) mass is 172 g/mol. The van der Waals surface area contributed by atoms with E-state index in [4.69, 9.17) is 4.74 Å². The Morgan fingerprint density at radius 1 is 1.50 bits per heavy atom. The molecule has 1 saturated carbocycles. The van der Waals surface area contributed by atoms with Crippen LogP contribution in [0.1, 0.15) is 39.5 Å². The first kappa shape index (κ1) is 10.0. The molecule has 0 aromatic heterocycles. The van der Waals surface area contributed by atoms with E-state index in [0.29, 0.717) is 18.6 Å². The minimum atomic E-state index is -0.268. The van der Waals surface area contributed by atoms with E-state index in [-0.39, 0.29) is 6.10 Å². The Labute approximate surface area is 74.9 Å². The van der Waals surface area contributed by atoms with Gasteiger partial charge in [0.15, 0.2) is 0 Å². The van der Waals surface area contributed by atoms with Crippen molar-refractivity contribution in [2.75, 3.05) is 6.61 Å². The number of aliphatic hydroxyl groups is 1. The molecule has 2 heteroatoms. The summed E-state index contributed by atoms with van der Waals surface area (Å²) >= 11 is 0. The van der Waals surface area contributed by atoms with Gasteiger partial charge in [-0.05, 0) is 25.2 Å². The van der Waals surface area contributed by atoms with Crippen LogP contribution in [0.3, 0.4) is 0 Å². The van der Waals surface area contributed by atoms with Crippen molar-refractivity contribution in [3.05, 3.63) is 0 Å². The van der Waals surface area contributed by atoms with Crippen LogP contribution in [0.15, 0.2) is 0 Å². The lowest BCUT2D eigenvalue weighted by Gasteiger charge is -2.27. The fourth-order valence-electron chi connectivity index (χ4n) is 1.21. The van der Waals surface area contributed by atoms with Crippen LogP contribution < -0.4 is 0 Å². The first-order valence-corrected chi connectivity index (χ1v) is 5.03. The van der Waals surface area contributed by atoms with Crippen molar-refractivity contribution in [1.29, 1.82) is 0 Å². The highest BCUT2D eigenvalue weighted by Gasteiger charge is 2.20. The molecule has 0 amide bonds. The Bertz CT molecular complexity index is 121. The Kier molecular flexibility index (Phi) is 4.02.